The summed E-state index contributed by atoms with van der Waals surface area (Å²) in [6.45, 7) is -0.116. The molecule has 0 saturated carbocycles. The maximum atomic E-state index is 12.3. The number of aromatic carboxylic acids is 1. The summed E-state index contributed by atoms with van der Waals surface area (Å²) in [6.07, 6.45) is 1.68. The number of carboxylic acids is 1. The third-order valence-corrected chi connectivity index (χ3v) is 5.45. The summed E-state index contributed by atoms with van der Waals surface area (Å²) in [6, 6.07) is 11.3. The minimum atomic E-state index is -1.02. The van der Waals surface area contributed by atoms with Crippen LogP contribution in [-0.4, -0.2) is 35.9 Å². The van der Waals surface area contributed by atoms with Gasteiger partial charge in [-0.2, -0.15) is 5.26 Å². The Morgan fingerprint density at radius 3 is 2.70 bits per heavy atom. The van der Waals surface area contributed by atoms with Crippen molar-refractivity contribution in [1.82, 2.24) is 5.32 Å². The molecule has 0 spiro atoms. The average Bonchev–Trinajstić information content (AvgIpc) is 3.07. The zero-order chi connectivity index (χ0) is 21.7. The predicted molar refractivity (Wildman–Crippen MR) is 116 cm³/mol. The zero-order valence-electron chi connectivity index (χ0n) is 15.5. The van der Waals surface area contributed by atoms with E-state index >= 15 is 0 Å². The lowest BCUT2D eigenvalue weighted by molar-refractivity contribution is -0.115. The van der Waals surface area contributed by atoms with Crippen LogP contribution in [0.1, 0.15) is 15.9 Å². The Kier molecular flexibility index (Phi) is 6.76. The molecule has 1 aliphatic rings. The lowest BCUT2D eigenvalue weighted by atomic mass is 10.2. The van der Waals surface area contributed by atoms with Gasteiger partial charge in [0, 0.05) is 4.47 Å². The zero-order valence-corrected chi connectivity index (χ0v) is 17.9. The van der Waals surface area contributed by atoms with Gasteiger partial charge in [0.25, 0.3) is 5.91 Å². The van der Waals surface area contributed by atoms with E-state index in [0.29, 0.717) is 37.3 Å². The number of nitrogens with one attached hydrogen (secondary N) is 1. The standard InChI is InChI=1S/C20H14BrN3O5S/c1-28-15-8-12(14(21)10-16(15)29-7-6-22)9-17-18(25)24-20(30-17)23-13-4-2-11(3-5-13)19(26)27/h2-5,8-10H,7H2,1H3,(H,26,27)(H,23,24,25)/b17-9+. The molecule has 1 heterocycles. The fraction of sp³-hybridized carbons (Fsp3) is 0.100. The van der Waals surface area contributed by atoms with Crippen LogP contribution in [0.15, 0.2) is 50.8 Å². The van der Waals surface area contributed by atoms with Gasteiger partial charge in [0.15, 0.2) is 23.3 Å². The van der Waals surface area contributed by atoms with Crippen LogP contribution < -0.4 is 14.8 Å². The van der Waals surface area contributed by atoms with Crippen molar-refractivity contribution in [1.29, 1.82) is 5.26 Å². The maximum absolute atomic E-state index is 12.3. The summed E-state index contributed by atoms with van der Waals surface area (Å²) in [4.78, 5) is 28.0. The molecule has 2 N–H and O–H groups in total. The lowest BCUT2D eigenvalue weighted by Crippen LogP contribution is -2.19. The van der Waals surface area contributed by atoms with E-state index < -0.39 is 5.97 Å². The van der Waals surface area contributed by atoms with Crippen LogP contribution >= 0.6 is 27.7 Å². The monoisotopic (exact) mass is 487 g/mol. The smallest absolute Gasteiger partial charge is 0.335 e. The predicted octanol–water partition coefficient (Wildman–Crippen LogP) is 3.95. The minimum Gasteiger partial charge on any atom is -0.493 e. The normalized spacial score (nSPS) is 15.7. The van der Waals surface area contributed by atoms with Gasteiger partial charge in [-0.05, 0) is 59.8 Å². The molecule has 1 fully saturated rings. The average molecular weight is 488 g/mol. The number of thioether (sulfide) groups is 1. The number of nitriles is 1. The highest BCUT2D eigenvalue weighted by Crippen LogP contribution is 2.36. The number of halogens is 1. The van der Waals surface area contributed by atoms with Crippen LogP contribution in [0.3, 0.4) is 0 Å². The number of aliphatic imine (C=N–C) groups is 1. The number of carbonyl (C=O) groups excluding carboxylic acids is 1. The van der Waals surface area contributed by atoms with Gasteiger partial charge in [-0.25, -0.2) is 9.79 Å². The number of nitrogens with zero attached hydrogens (tertiary/aromatic N) is 2. The van der Waals surface area contributed by atoms with Gasteiger partial charge in [-0.15, -0.1) is 0 Å². The van der Waals surface area contributed by atoms with Crippen LogP contribution in [0, 0.1) is 11.3 Å². The molecule has 0 atom stereocenters. The molecule has 30 heavy (non-hydrogen) atoms. The van der Waals surface area contributed by atoms with Crippen LogP contribution in [0.5, 0.6) is 11.5 Å². The van der Waals surface area contributed by atoms with Crippen molar-refractivity contribution in [3.05, 3.63) is 56.9 Å². The number of ether oxygens (including phenoxy) is 2. The number of carboxylic acid groups (broad SMARTS) is 1. The third kappa shape index (κ3) is 5.00. The first-order chi connectivity index (χ1) is 14.4. The van der Waals surface area contributed by atoms with Crippen LogP contribution in [0.25, 0.3) is 6.08 Å². The molecule has 1 amide bonds. The Labute approximate surface area is 184 Å². The van der Waals surface area contributed by atoms with Crippen molar-refractivity contribution in [2.45, 2.75) is 0 Å². The highest BCUT2D eigenvalue weighted by atomic mass is 79.9. The van der Waals surface area contributed by atoms with E-state index in [-0.39, 0.29) is 18.1 Å². The molecule has 0 unspecified atom stereocenters. The van der Waals surface area contributed by atoms with Gasteiger partial charge in [0.05, 0.1) is 23.3 Å². The van der Waals surface area contributed by atoms with Gasteiger partial charge >= 0.3 is 5.97 Å². The van der Waals surface area contributed by atoms with Gasteiger partial charge in [0.1, 0.15) is 6.07 Å². The van der Waals surface area contributed by atoms with Gasteiger partial charge in [-0.1, -0.05) is 15.9 Å². The van der Waals surface area contributed by atoms with E-state index in [1.165, 1.54) is 19.2 Å². The topological polar surface area (TPSA) is 121 Å². The van der Waals surface area contributed by atoms with E-state index in [1.54, 1.807) is 30.3 Å². The van der Waals surface area contributed by atoms with Crippen LogP contribution in [-0.2, 0) is 4.79 Å². The summed E-state index contributed by atoms with van der Waals surface area (Å²) in [5, 5.41) is 20.7. The van der Waals surface area contributed by atoms with E-state index in [1.807, 2.05) is 6.07 Å². The molecule has 10 heteroatoms. The molecule has 0 bridgehead atoms. The fourth-order valence-corrected chi connectivity index (χ4v) is 3.73. The molecular weight excluding hydrogens is 474 g/mol. The minimum absolute atomic E-state index is 0.116. The first-order valence-electron chi connectivity index (χ1n) is 8.41. The van der Waals surface area contributed by atoms with E-state index in [9.17, 15) is 9.59 Å². The van der Waals surface area contributed by atoms with E-state index in [0.717, 1.165) is 11.8 Å². The fourth-order valence-electron chi connectivity index (χ4n) is 2.46. The second-order valence-corrected chi connectivity index (χ2v) is 7.69. The summed E-state index contributed by atoms with van der Waals surface area (Å²) in [7, 11) is 1.48. The lowest BCUT2D eigenvalue weighted by Gasteiger charge is -2.11. The molecule has 152 valence electrons. The Bertz CT molecular complexity index is 1110. The molecule has 0 aliphatic carbocycles. The van der Waals surface area contributed by atoms with Gasteiger partial charge in [0.2, 0.25) is 0 Å². The SMILES string of the molecule is COc1cc(/C=C2/SC(=Nc3ccc(C(=O)O)cc3)NC2=O)c(Br)cc1OCC#N. The van der Waals surface area contributed by atoms with Crippen LogP contribution in [0.4, 0.5) is 5.69 Å². The molecule has 1 saturated heterocycles. The summed E-state index contributed by atoms with van der Waals surface area (Å²) in [5.74, 6) is -0.496. The number of hydrogen-bond donors (Lipinski definition) is 2. The Hall–Kier alpha value is -3.29. The Morgan fingerprint density at radius 2 is 2.07 bits per heavy atom. The Balaban J connectivity index is 1.84. The van der Waals surface area contributed by atoms with Crippen molar-refractivity contribution in [2.24, 2.45) is 4.99 Å². The second kappa shape index (κ2) is 9.47. The number of amides is 1. The summed E-state index contributed by atoms with van der Waals surface area (Å²) < 4.78 is 11.3. The molecule has 2 aromatic carbocycles. The highest BCUT2D eigenvalue weighted by molar-refractivity contribution is 9.10. The number of rotatable bonds is 6. The third-order valence-electron chi connectivity index (χ3n) is 3.86. The second-order valence-electron chi connectivity index (χ2n) is 5.81. The first kappa shape index (κ1) is 21.4. The van der Waals surface area contributed by atoms with Gasteiger partial charge < -0.3 is 19.9 Å². The molecule has 0 radical (unpaired) electrons. The number of carbonyl (C=O) groups is 2. The molecule has 2 aromatic rings. The Morgan fingerprint density at radius 1 is 1.33 bits per heavy atom. The number of amidine groups is 1. The quantitative estimate of drug-likeness (QED) is 0.591. The van der Waals surface area contributed by atoms with E-state index in [4.69, 9.17) is 19.8 Å². The van der Waals surface area contributed by atoms with Crippen molar-refractivity contribution in [2.75, 3.05) is 13.7 Å². The molecular formula is C20H14BrN3O5S. The van der Waals surface area contributed by atoms with Crippen LogP contribution in [0.2, 0.25) is 0 Å². The molecule has 3 rings (SSSR count). The van der Waals surface area contributed by atoms with Crippen molar-refractivity contribution < 1.29 is 24.2 Å². The van der Waals surface area contributed by atoms with E-state index in [2.05, 4.69) is 26.2 Å². The summed E-state index contributed by atoms with van der Waals surface area (Å²) in [5.41, 5.74) is 1.36. The molecule has 8 nitrogen and oxygen atoms in total. The number of methoxy groups -OCH3 is 1. The maximum Gasteiger partial charge on any atom is 0.335 e. The van der Waals surface area contributed by atoms with Gasteiger partial charge in [-0.3, -0.25) is 4.79 Å². The molecule has 0 aromatic heterocycles. The summed E-state index contributed by atoms with van der Waals surface area (Å²) >= 11 is 4.59. The van der Waals surface area contributed by atoms with Crippen molar-refractivity contribution in [3.63, 3.8) is 0 Å². The largest absolute Gasteiger partial charge is 0.493 e. The first-order valence-corrected chi connectivity index (χ1v) is 10.0. The number of hydrogen-bond acceptors (Lipinski definition) is 7. The molecule has 1 aliphatic heterocycles. The van der Waals surface area contributed by atoms with Crippen molar-refractivity contribution in [3.8, 4) is 17.6 Å². The number of benzene rings is 2. The highest BCUT2D eigenvalue weighted by Gasteiger charge is 2.24. The van der Waals surface area contributed by atoms with Crippen molar-refractivity contribution >= 4 is 56.5 Å².